The van der Waals surface area contributed by atoms with E-state index in [9.17, 15) is 9.59 Å². The van der Waals surface area contributed by atoms with Crippen LogP contribution < -0.4 is 11.1 Å². The molecule has 0 unspecified atom stereocenters. The van der Waals surface area contributed by atoms with Crippen LogP contribution in [0.25, 0.3) is 10.9 Å². The van der Waals surface area contributed by atoms with Crippen LogP contribution in [-0.2, 0) is 20.9 Å². The fourth-order valence-corrected chi connectivity index (χ4v) is 3.66. The maximum absolute atomic E-state index is 12.5. The van der Waals surface area contributed by atoms with Crippen LogP contribution in [0.15, 0.2) is 30.5 Å². The van der Waals surface area contributed by atoms with Crippen molar-refractivity contribution in [3.05, 3.63) is 30.5 Å². The van der Waals surface area contributed by atoms with Gasteiger partial charge in [0, 0.05) is 28.7 Å². The van der Waals surface area contributed by atoms with E-state index in [-0.39, 0.29) is 30.3 Å². The Morgan fingerprint density at radius 2 is 2.16 bits per heavy atom. The molecule has 3 rings (SSSR count). The Morgan fingerprint density at radius 3 is 2.92 bits per heavy atom. The highest BCUT2D eigenvalue weighted by atomic mass is 16.5. The Morgan fingerprint density at radius 1 is 1.32 bits per heavy atom. The summed E-state index contributed by atoms with van der Waals surface area (Å²) >= 11 is 0. The number of benzene rings is 1. The molecule has 1 aromatic heterocycles. The second kappa shape index (κ2) is 7.70. The molecule has 0 aliphatic heterocycles. The maximum Gasteiger partial charge on any atom is 0.325 e. The average Bonchev–Trinajstić information content (AvgIpc) is 3.22. The topological polar surface area (TPSA) is 86.3 Å². The largest absolute Gasteiger partial charge is 0.465 e. The Bertz CT molecular complexity index is 768. The van der Waals surface area contributed by atoms with Gasteiger partial charge in [0.05, 0.1) is 6.61 Å². The van der Waals surface area contributed by atoms with Crippen molar-refractivity contribution in [2.24, 2.45) is 17.6 Å². The molecule has 2 aromatic rings. The standard InChI is InChI=1S/C19H25N3O3/c1-2-25-18(23)12-22-9-8-13-10-15(6-7-17(13)22)21-19(24)16-5-3-4-14(16)11-20/h6-10,14,16H,2-5,11-12,20H2,1H3,(H,21,24)/t14-,16-/m1/s1. The Hall–Kier alpha value is -2.34. The van der Waals surface area contributed by atoms with Crippen LogP contribution in [0.1, 0.15) is 26.2 Å². The summed E-state index contributed by atoms with van der Waals surface area (Å²) in [6.45, 7) is 2.91. The monoisotopic (exact) mass is 343 g/mol. The fourth-order valence-electron chi connectivity index (χ4n) is 3.66. The molecule has 2 atom stereocenters. The number of rotatable bonds is 6. The van der Waals surface area contributed by atoms with Crippen molar-refractivity contribution in [3.8, 4) is 0 Å². The maximum atomic E-state index is 12.5. The molecule has 1 aromatic carbocycles. The van der Waals surface area contributed by atoms with Crippen LogP contribution >= 0.6 is 0 Å². The van der Waals surface area contributed by atoms with Crippen LogP contribution in [0.3, 0.4) is 0 Å². The number of nitrogens with one attached hydrogen (secondary N) is 1. The van der Waals surface area contributed by atoms with Crippen molar-refractivity contribution in [2.45, 2.75) is 32.7 Å². The predicted octanol–water partition coefficient (Wildman–Crippen LogP) is 2.52. The van der Waals surface area contributed by atoms with Crippen molar-refractivity contribution >= 4 is 28.5 Å². The van der Waals surface area contributed by atoms with Crippen LogP contribution in [0, 0.1) is 11.8 Å². The van der Waals surface area contributed by atoms with Crippen molar-refractivity contribution in [1.29, 1.82) is 0 Å². The van der Waals surface area contributed by atoms with E-state index in [2.05, 4.69) is 5.32 Å². The summed E-state index contributed by atoms with van der Waals surface area (Å²) in [6, 6.07) is 7.65. The van der Waals surface area contributed by atoms with Gasteiger partial charge in [-0.1, -0.05) is 6.42 Å². The normalized spacial score (nSPS) is 19.9. The van der Waals surface area contributed by atoms with Crippen molar-refractivity contribution in [3.63, 3.8) is 0 Å². The number of carbonyl (C=O) groups is 2. The van der Waals surface area contributed by atoms with Gasteiger partial charge in [0.2, 0.25) is 5.91 Å². The lowest BCUT2D eigenvalue weighted by molar-refractivity contribution is -0.143. The summed E-state index contributed by atoms with van der Waals surface area (Å²) < 4.78 is 6.84. The highest BCUT2D eigenvalue weighted by molar-refractivity contribution is 5.95. The number of nitrogens with two attached hydrogens (primary N) is 1. The Kier molecular flexibility index (Phi) is 5.38. The van der Waals surface area contributed by atoms with Gasteiger partial charge in [0.15, 0.2) is 0 Å². The smallest absolute Gasteiger partial charge is 0.325 e. The van der Waals surface area contributed by atoms with Crippen LogP contribution in [0.4, 0.5) is 5.69 Å². The summed E-state index contributed by atoms with van der Waals surface area (Å²) in [6.07, 6.45) is 4.86. The van der Waals surface area contributed by atoms with Crippen LogP contribution in [-0.4, -0.2) is 29.6 Å². The quantitative estimate of drug-likeness (QED) is 0.789. The van der Waals surface area contributed by atoms with Gasteiger partial charge in [0.1, 0.15) is 6.54 Å². The fraction of sp³-hybridized carbons (Fsp3) is 0.474. The van der Waals surface area contributed by atoms with E-state index < -0.39 is 0 Å². The first-order chi connectivity index (χ1) is 12.1. The number of aromatic nitrogens is 1. The number of anilines is 1. The molecule has 1 fully saturated rings. The third-order valence-corrected chi connectivity index (χ3v) is 4.94. The molecule has 25 heavy (non-hydrogen) atoms. The van der Waals surface area contributed by atoms with E-state index in [1.165, 1.54) is 0 Å². The van der Waals surface area contributed by atoms with Gasteiger partial charge in [-0.2, -0.15) is 0 Å². The number of fused-ring (bicyclic) bond motifs is 1. The number of carbonyl (C=O) groups excluding carboxylic acids is 2. The SMILES string of the molecule is CCOC(=O)Cn1ccc2cc(NC(=O)[C@@H]3CCC[C@@H]3CN)ccc21. The molecule has 0 radical (unpaired) electrons. The number of ether oxygens (including phenoxy) is 1. The zero-order valence-corrected chi connectivity index (χ0v) is 14.5. The van der Waals surface area contributed by atoms with Gasteiger partial charge >= 0.3 is 5.97 Å². The van der Waals surface area contributed by atoms with Crippen LogP contribution in [0.5, 0.6) is 0 Å². The molecule has 1 aliphatic carbocycles. The summed E-state index contributed by atoms with van der Waals surface area (Å²) in [4.78, 5) is 24.2. The van der Waals surface area contributed by atoms with E-state index in [0.717, 1.165) is 35.9 Å². The zero-order valence-electron chi connectivity index (χ0n) is 14.5. The third-order valence-electron chi connectivity index (χ3n) is 4.94. The van der Waals surface area contributed by atoms with E-state index >= 15 is 0 Å². The van der Waals surface area contributed by atoms with Gasteiger partial charge < -0.3 is 20.4 Å². The summed E-state index contributed by atoms with van der Waals surface area (Å²) in [5.41, 5.74) is 7.48. The highest BCUT2D eigenvalue weighted by Gasteiger charge is 2.31. The number of hydrogen-bond acceptors (Lipinski definition) is 4. The Labute approximate surface area is 147 Å². The second-order valence-electron chi connectivity index (χ2n) is 6.54. The lowest BCUT2D eigenvalue weighted by atomic mass is 9.95. The molecule has 0 spiro atoms. The predicted molar refractivity (Wildman–Crippen MR) is 97.1 cm³/mol. The molecule has 6 heteroatoms. The molecular weight excluding hydrogens is 318 g/mol. The zero-order chi connectivity index (χ0) is 17.8. The number of amides is 1. The van der Waals surface area contributed by atoms with Crippen molar-refractivity contribution < 1.29 is 14.3 Å². The number of hydrogen-bond donors (Lipinski definition) is 2. The van der Waals surface area contributed by atoms with Crippen LogP contribution in [0.2, 0.25) is 0 Å². The second-order valence-corrected chi connectivity index (χ2v) is 6.54. The lowest BCUT2D eigenvalue weighted by Crippen LogP contribution is -2.29. The summed E-state index contributed by atoms with van der Waals surface area (Å²) in [5, 5.41) is 3.99. The molecule has 1 aliphatic rings. The van der Waals surface area contributed by atoms with Gasteiger partial charge in [0.25, 0.3) is 0 Å². The first-order valence-corrected chi connectivity index (χ1v) is 8.87. The molecule has 134 valence electrons. The molecule has 1 heterocycles. The van der Waals surface area contributed by atoms with Gasteiger partial charge in [-0.25, -0.2) is 0 Å². The minimum Gasteiger partial charge on any atom is -0.465 e. The van der Waals surface area contributed by atoms with E-state index in [0.29, 0.717) is 13.2 Å². The van der Waals surface area contributed by atoms with Crippen molar-refractivity contribution in [2.75, 3.05) is 18.5 Å². The van der Waals surface area contributed by atoms with E-state index in [1.807, 2.05) is 35.0 Å². The lowest BCUT2D eigenvalue weighted by Gasteiger charge is -2.17. The van der Waals surface area contributed by atoms with E-state index in [1.54, 1.807) is 6.92 Å². The van der Waals surface area contributed by atoms with Crippen molar-refractivity contribution in [1.82, 2.24) is 4.57 Å². The van der Waals surface area contributed by atoms with Gasteiger partial charge in [-0.3, -0.25) is 9.59 Å². The number of nitrogens with zero attached hydrogens (tertiary/aromatic N) is 1. The molecule has 1 saturated carbocycles. The Balaban J connectivity index is 1.71. The molecule has 1 amide bonds. The van der Waals surface area contributed by atoms with Gasteiger partial charge in [-0.05, 0) is 56.5 Å². The summed E-state index contributed by atoms with van der Waals surface area (Å²) in [5.74, 6) is 0.0909. The molecule has 0 saturated heterocycles. The first kappa shape index (κ1) is 17.5. The molecule has 0 bridgehead atoms. The van der Waals surface area contributed by atoms with Gasteiger partial charge in [-0.15, -0.1) is 0 Å². The average molecular weight is 343 g/mol. The highest BCUT2D eigenvalue weighted by Crippen LogP contribution is 2.32. The number of esters is 1. The third kappa shape index (κ3) is 3.85. The molecule has 6 nitrogen and oxygen atoms in total. The minimum atomic E-state index is -0.258. The molecular formula is C19H25N3O3. The van der Waals surface area contributed by atoms with E-state index in [4.69, 9.17) is 10.5 Å². The summed E-state index contributed by atoms with van der Waals surface area (Å²) in [7, 11) is 0. The minimum absolute atomic E-state index is 0.00843. The molecule has 3 N–H and O–H groups in total. The first-order valence-electron chi connectivity index (χ1n) is 8.87.